The molecule has 8 heteroatoms. The van der Waals surface area contributed by atoms with Gasteiger partial charge in [-0.25, -0.2) is 9.80 Å². The van der Waals surface area contributed by atoms with E-state index in [1.54, 1.807) is 33.7 Å². The molecule has 1 amide bonds. The van der Waals surface area contributed by atoms with Crippen molar-refractivity contribution >= 4 is 57.2 Å². The van der Waals surface area contributed by atoms with Crippen LogP contribution in [0.3, 0.4) is 0 Å². The molecule has 1 aliphatic carbocycles. The van der Waals surface area contributed by atoms with E-state index in [1.807, 2.05) is 48.7 Å². The van der Waals surface area contributed by atoms with Crippen molar-refractivity contribution in [2.24, 2.45) is 11.0 Å². The number of benzene rings is 1. The molecule has 1 fully saturated rings. The number of ether oxygens (including phenoxy) is 1. The van der Waals surface area contributed by atoms with Crippen LogP contribution in [0.1, 0.15) is 51.1 Å². The zero-order chi connectivity index (χ0) is 25.4. The summed E-state index contributed by atoms with van der Waals surface area (Å²) < 4.78 is 5.56. The van der Waals surface area contributed by atoms with Gasteiger partial charge in [0.25, 0.3) is 5.91 Å². The van der Waals surface area contributed by atoms with Crippen molar-refractivity contribution in [3.63, 3.8) is 0 Å². The van der Waals surface area contributed by atoms with Crippen molar-refractivity contribution in [3.8, 4) is 0 Å². The van der Waals surface area contributed by atoms with Gasteiger partial charge in [0.05, 0.1) is 22.8 Å². The highest BCUT2D eigenvalue weighted by Crippen LogP contribution is 2.45. The van der Waals surface area contributed by atoms with Crippen LogP contribution in [-0.2, 0) is 9.53 Å². The Bertz CT molecular complexity index is 1520. The average Bonchev–Trinajstić information content (AvgIpc) is 3.68. The van der Waals surface area contributed by atoms with Gasteiger partial charge in [-0.05, 0) is 72.9 Å². The molecular formula is C29H25N3O3S2. The van der Waals surface area contributed by atoms with Crippen molar-refractivity contribution in [1.82, 2.24) is 9.99 Å². The van der Waals surface area contributed by atoms with E-state index in [1.165, 1.54) is 10.5 Å². The standard InChI is InChI=1S/C29H25N3O3S2/c1-18-15-23(21-9-2-3-11-24(21)30-18)29(34)35-17-26(33)32-28(25-12-6-14-37-25)22-10-4-7-19(27(22)31-32)16-20-8-5-13-36-20/h2-3,5-6,8-9,11-16,22,28H,4,7,10,17H2,1H3/b19-16+/t22-,28+/m0/s1. The minimum absolute atomic E-state index is 0.130. The molecule has 4 heterocycles. The highest BCUT2D eigenvalue weighted by Gasteiger charge is 2.44. The summed E-state index contributed by atoms with van der Waals surface area (Å²) in [5.41, 5.74) is 4.02. The number of hydrogen-bond acceptors (Lipinski definition) is 7. The number of nitrogens with zero attached hydrogens (tertiary/aromatic N) is 3. The summed E-state index contributed by atoms with van der Waals surface area (Å²) in [6.45, 7) is 1.47. The summed E-state index contributed by atoms with van der Waals surface area (Å²) in [6.07, 6.45) is 5.16. The first-order valence-corrected chi connectivity index (χ1v) is 14.1. The van der Waals surface area contributed by atoms with E-state index < -0.39 is 5.97 Å². The molecule has 6 nitrogen and oxygen atoms in total. The van der Waals surface area contributed by atoms with Gasteiger partial charge < -0.3 is 4.74 Å². The minimum atomic E-state index is -0.537. The van der Waals surface area contributed by atoms with Gasteiger partial charge in [0.2, 0.25) is 0 Å². The monoisotopic (exact) mass is 527 g/mol. The molecule has 1 aromatic carbocycles. The number of carbonyl (C=O) groups is 2. The first kappa shape index (κ1) is 23.8. The number of fused-ring (bicyclic) bond motifs is 2. The smallest absolute Gasteiger partial charge is 0.339 e. The molecule has 0 saturated heterocycles. The van der Waals surface area contributed by atoms with Crippen molar-refractivity contribution < 1.29 is 14.3 Å². The van der Waals surface area contributed by atoms with E-state index in [0.29, 0.717) is 10.9 Å². The summed E-state index contributed by atoms with van der Waals surface area (Å²) in [5, 5.41) is 11.2. The topological polar surface area (TPSA) is 71.9 Å². The summed E-state index contributed by atoms with van der Waals surface area (Å²) in [5.74, 6) is -0.727. The molecule has 0 N–H and O–H groups in total. The number of pyridine rings is 1. The summed E-state index contributed by atoms with van der Waals surface area (Å²) >= 11 is 3.32. The van der Waals surface area contributed by atoms with E-state index in [-0.39, 0.29) is 24.5 Å². The Balaban J connectivity index is 1.27. The highest BCUT2D eigenvalue weighted by molar-refractivity contribution is 7.11. The van der Waals surface area contributed by atoms with Crippen LogP contribution in [0.2, 0.25) is 0 Å². The van der Waals surface area contributed by atoms with Crippen LogP contribution in [0.25, 0.3) is 17.0 Å². The largest absolute Gasteiger partial charge is 0.452 e. The molecule has 0 bridgehead atoms. The fourth-order valence-corrected chi connectivity index (χ4v) is 6.79. The second-order valence-electron chi connectivity index (χ2n) is 9.27. The lowest BCUT2D eigenvalue weighted by atomic mass is 9.79. The predicted octanol–water partition coefficient (Wildman–Crippen LogP) is 6.65. The van der Waals surface area contributed by atoms with E-state index in [9.17, 15) is 9.59 Å². The Hall–Kier alpha value is -3.62. The second kappa shape index (κ2) is 10.0. The summed E-state index contributed by atoms with van der Waals surface area (Å²) in [7, 11) is 0. The lowest BCUT2D eigenvalue weighted by Gasteiger charge is -2.28. The molecule has 0 spiro atoms. The number of allylic oxidation sites excluding steroid dienone is 1. The van der Waals surface area contributed by atoms with Gasteiger partial charge in [0, 0.05) is 26.8 Å². The van der Waals surface area contributed by atoms with E-state index in [0.717, 1.165) is 41.1 Å². The van der Waals surface area contributed by atoms with Gasteiger partial charge in [-0.2, -0.15) is 5.10 Å². The van der Waals surface area contributed by atoms with Gasteiger partial charge in [-0.1, -0.05) is 30.3 Å². The predicted molar refractivity (Wildman–Crippen MR) is 148 cm³/mol. The first-order valence-electron chi connectivity index (χ1n) is 12.3. The van der Waals surface area contributed by atoms with Crippen LogP contribution in [0.15, 0.2) is 76.0 Å². The number of rotatable bonds is 5. The van der Waals surface area contributed by atoms with Crippen LogP contribution in [0, 0.1) is 12.8 Å². The van der Waals surface area contributed by atoms with Gasteiger partial charge in [0.15, 0.2) is 6.61 Å². The van der Waals surface area contributed by atoms with Crippen LogP contribution in [0.4, 0.5) is 0 Å². The number of hydrogen-bond donors (Lipinski definition) is 0. The molecule has 3 aromatic heterocycles. The highest BCUT2D eigenvalue weighted by atomic mass is 32.1. The van der Waals surface area contributed by atoms with Crippen molar-refractivity contribution in [1.29, 1.82) is 0 Å². The Morgan fingerprint density at radius 3 is 2.76 bits per heavy atom. The number of aromatic nitrogens is 1. The van der Waals surface area contributed by atoms with E-state index in [4.69, 9.17) is 9.84 Å². The van der Waals surface area contributed by atoms with Gasteiger partial charge >= 0.3 is 5.97 Å². The number of hydrazone groups is 1. The molecule has 6 rings (SSSR count). The maximum atomic E-state index is 13.5. The normalized spacial score (nSPS) is 20.2. The third kappa shape index (κ3) is 4.63. The first-order chi connectivity index (χ1) is 18.1. The molecule has 2 atom stereocenters. The Morgan fingerprint density at radius 1 is 1.11 bits per heavy atom. The lowest BCUT2D eigenvalue weighted by Crippen LogP contribution is -2.34. The Morgan fingerprint density at radius 2 is 1.95 bits per heavy atom. The van der Waals surface area contributed by atoms with E-state index in [2.05, 4.69) is 28.6 Å². The zero-order valence-electron chi connectivity index (χ0n) is 20.3. The second-order valence-corrected chi connectivity index (χ2v) is 11.2. The molecule has 186 valence electrons. The average molecular weight is 528 g/mol. The Labute approximate surface area is 222 Å². The molecule has 1 aliphatic heterocycles. The number of thiophene rings is 2. The molecule has 1 saturated carbocycles. The third-order valence-electron chi connectivity index (χ3n) is 6.84. The molecular weight excluding hydrogens is 502 g/mol. The number of carbonyl (C=O) groups excluding carboxylic acids is 2. The van der Waals surface area contributed by atoms with Crippen molar-refractivity contribution in [2.45, 2.75) is 32.2 Å². The maximum absolute atomic E-state index is 13.5. The molecule has 4 aromatic rings. The number of aryl methyl sites for hydroxylation is 1. The van der Waals surface area contributed by atoms with Gasteiger partial charge in [-0.3, -0.25) is 9.78 Å². The number of esters is 1. The third-order valence-corrected chi connectivity index (χ3v) is 8.60. The SMILES string of the molecule is Cc1cc(C(=O)OCC(=O)N2N=C3/C(=C/c4cccs4)CCC[C@@H]3[C@@H]2c2cccs2)c2ccccc2n1. The number of amides is 1. The van der Waals surface area contributed by atoms with Crippen LogP contribution in [-0.4, -0.2) is 34.2 Å². The molecule has 37 heavy (non-hydrogen) atoms. The Kier molecular flexibility index (Phi) is 6.44. The van der Waals surface area contributed by atoms with Crippen LogP contribution >= 0.6 is 22.7 Å². The van der Waals surface area contributed by atoms with Crippen LogP contribution in [0.5, 0.6) is 0 Å². The maximum Gasteiger partial charge on any atom is 0.339 e. The number of para-hydroxylation sites is 1. The minimum Gasteiger partial charge on any atom is -0.452 e. The van der Waals surface area contributed by atoms with Gasteiger partial charge in [0.1, 0.15) is 0 Å². The van der Waals surface area contributed by atoms with Crippen LogP contribution < -0.4 is 0 Å². The van der Waals surface area contributed by atoms with Gasteiger partial charge in [-0.15, -0.1) is 22.7 Å². The van der Waals surface area contributed by atoms with Crippen molar-refractivity contribution in [3.05, 3.63) is 91.9 Å². The summed E-state index contributed by atoms with van der Waals surface area (Å²) in [6, 6.07) is 17.2. The lowest BCUT2D eigenvalue weighted by molar-refractivity contribution is -0.136. The molecule has 0 radical (unpaired) electrons. The summed E-state index contributed by atoms with van der Waals surface area (Å²) in [4.78, 5) is 33.3. The van der Waals surface area contributed by atoms with Crippen molar-refractivity contribution in [2.75, 3.05) is 6.61 Å². The quantitative estimate of drug-likeness (QED) is 0.273. The fourth-order valence-electron chi connectivity index (χ4n) is 5.24. The van der Waals surface area contributed by atoms with E-state index >= 15 is 0 Å². The molecule has 2 aliphatic rings. The molecule has 0 unspecified atom stereocenters. The zero-order valence-corrected chi connectivity index (χ0v) is 21.9. The fraction of sp³-hybridized carbons (Fsp3) is 0.241.